The number of ketones is 1. The molecule has 1 aliphatic carbocycles. The molecule has 0 unspecified atom stereocenters. The molecule has 1 N–H and O–H groups in total. The van der Waals surface area contributed by atoms with E-state index in [1.165, 1.54) is 0 Å². The second-order valence-electron chi connectivity index (χ2n) is 4.52. The molecule has 1 aliphatic rings. The van der Waals surface area contributed by atoms with Gasteiger partial charge in [0.1, 0.15) is 11.5 Å². The van der Waals surface area contributed by atoms with Crippen molar-refractivity contribution in [3.05, 3.63) is 28.7 Å². The fourth-order valence-electron chi connectivity index (χ4n) is 1.84. The molecule has 0 bridgehead atoms. The summed E-state index contributed by atoms with van der Waals surface area (Å²) in [6.45, 7) is -0.105. The quantitative estimate of drug-likeness (QED) is 0.857. The molecule has 0 saturated heterocycles. The van der Waals surface area contributed by atoms with Gasteiger partial charge in [0, 0.05) is 23.0 Å². The normalized spacial score (nSPS) is 17.1. The van der Waals surface area contributed by atoms with Crippen molar-refractivity contribution < 1.29 is 14.3 Å². The molecule has 0 radical (unpaired) electrons. The number of nitrogens with one attached hydrogen (secondary N) is 1. The third-order valence-electron chi connectivity index (χ3n) is 2.84. The van der Waals surface area contributed by atoms with Crippen LogP contribution in [0.4, 0.5) is 0 Å². The Morgan fingerprint density at radius 1 is 1.30 bits per heavy atom. The topological polar surface area (TPSA) is 67.8 Å². The number of carbonyl (C=O) groups is 2. The van der Waals surface area contributed by atoms with Crippen molar-refractivity contribution in [2.24, 2.45) is 5.10 Å². The molecule has 2 rings (SSSR count). The van der Waals surface area contributed by atoms with Crippen LogP contribution in [-0.2, 0) is 9.59 Å². The number of Topliss-reactive ketones (excluding diaryl/α,β-unsaturated/α-hetero) is 1. The molecule has 106 valence electrons. The fourth-order valence-corrected chi connectivity index (χ4v) is 2.11. The number of amides is 1. The largest absolute Gasteiger partial charge is 0.484 e. The molecule has 0 aromatic heterocycles. The van der Waals surface area contributed by atoms with Crippen LogP contribution in [0.5, 0.6) is 5.75 Å². The van der Waals surface area contributed by atoms with Crippen LogP contribution >= 0.6 is 15.9 Å². The van der Waals surface area contributed by atoms with Crippen molar-refractivity contribution in [2.75, 3.05) is 6.61 Å². The van der Waals surface area contributed by atoms with E-state index >= 15 is 0 Å². The summed E-state index contributed by atoms with van der Waals surface area (Å²) < 4.78 is 6.26. The molecule has 5 nitrogen and oxygen atoms in total. The number of halogens is 1. The van der Waals surface area contributed by atoms with Crippen LogP contribution in [0, 0.1) is 0 Å². The average molecular weight is 339 g/mol. The SMILES string of the molecule is O=C1CCC/C(=N/NC(=O)COc2ccc(Br)cc2)C1. The van der Waals surface area contributed by atoms with Gasteiger partial charge < -0.3 is 4.74 Å². The number of ether oxygens (including phenoxy) is 1. The summed E-state index contributed by atoms with van der Waals surface area (Å²) in [4.78, 5) is 22.8. The summed E-state index contributed by atoms with van der Waals surface area (Å²) in [5.41, 5.74) is 3.15. The number of rotatable bonds is 4. The maximum absolute atomic E-state index is 11.6. The smallest absolute Gasteiger partial charge is 0.277 e. The average Bonchev–Trinajstić information content (AvgIpc) is 2.45. The minimum atomic E-state index is -0.335. The highest BCUT2D eigenvalue weighted by atomic mass is 79.9. The van der Waals surface area contributed by atoms with Crippen LogP contribution in [0.25, 0.3) is 0 Å². The van der Waals surface area contributed by atoms with E-state index in [2.05, 4.69) is 26.5 Å². The van der Waals surface area contributed by atoms with Crippen LogP contribution in [0.15, 0.2) is 33.8 Å². The van der Waals surface area contributed by atoms with Gasteiger partial charge in [-0.1, -0.05) is 15.9 Å². The molecule has 1 aromatic carbocycles. The Hall–Kier alpha value is -1.69. The van der Waals surface area contributed by atoms with Gasteiger partial charge in [-0.25, -0.2) is 5.43 Å². The van der Waals surface area contributed by atoms with Crippen molar-refractivity contribution in [2.45, 2.75) is 25.7 Å². The molecule has 0 spiro atoms. The summed E-state index contributed by atoms with van der Waals surface area (Å²) in [7, 11) is 0. The number of carbonyl (C=O) groups excluding carboxylic acids is 2. The summed E-state index contributed by atoms with van der Waals surface area (Å²) in [5, 5.41) is 3.97. The van der Waals surface area contributed by atoms with Crippen LogP contribution in [0.1, 0.15) is 25.7 Å². The number of hydrogen-bond acceptors (Lipinski definition) is 4. The lowest BCUT2D eigenvalue weighted by Crippen LogP contribution is -2.27. The van der Waals surface area contributed by atoms with E-state index in [0.29, 0.717) is 18.6 Å². The Balaban J connectivity index is 1.76. The molecule has 1 amide bonds. The van der Waals surface area contributed by atoms with Crippen LogP contribution in [0.2, 0.25) is 0 Å². The maximum atomic E-state index is 11.6. The lowest BCUT2D eigenvalue weighted by atomic mass is 9.97. The molecule has 1 saturated carbocycles. The van der Waals surface area contributed by atoms with E-state index in [4.69, 9.17) is 4.74 Å². The third-order valence-corrected chi connectivity index (χ3v) is 3.37. The van der Waals surface area contributed by atoms with E-state index in [9.17, 15) is 9.59 Å². The van der Waals surface area contributed by atoms with E-state index in [1.54, 1.807) is 12.1 Å². The first-order valence-corrected chi connectivity index (χ1v) is 7.17. The zero-order valence-electron chi connectivity index (χ0n) is 10.9. The molecule has 0 atom stereocenters. The fraction of sp³-hybridized carbons (Fsp3) is 0.357. The molecule has 20 heavy (non-hydrogen) atoms. The first kappa shape index (κ1) is 14.7. The summed E-state index contributed by atoms with van der Waals surface area (Å²) in [6.07, 6.45) is 2.52. The standard InChI is InChI=1S/C14H15BrN2O3/c15-10-4-6-13(7-5-10)20-9-14(19)17-16-11-2-1-3-12(18)8-11/h4-7H,1-3,8-9H2,(H,17,19)/b16-11-. The summed E-state index contributed by atoms with van der Waals surface area (Å²) in [5.74, 6) is 0.456. The molecular formula is C14H15BrN2O3. The lowest BCUT2D eigenvalue weighted by Gasteiger charge is -2.11. The Bertz CT molecular complexity index is 526. The minimum absolute atomic E-state index is 0.105. The van der Waals surface area contributed by atoms with Gasteiger partial charge in [0.25, 0.3) is 5.91 Å². The van der Waals surface area contributed by atoms with E-state index < -0.39 is 0 Å². The van der Waals surface area contributed by atoms with Crippen LogP contribution in [-0.4, -0.2) is 24.0 Å². The van der Waals surface area contributed by atoms with Crippen LogP contribution in [0.3, 0.4) is 0 Å². The van der Waals surface area contributed by atoms with Gasteiger partial charge in [0.05, 0.1) is 0 Å². The van der Waals surface area contributed by atoms with Gasteiger partial charge in [0.15, 0.2) is 6.61 Å². The molecule has 0 aliphatic heterocycles. The zero-order chi connectivity index (χ0) is 14.4. The van der Waals surface area contributed by atoms with Gasteiger partial charge in [-0.15, -0.1) is 0 Å². The number of nitrogens with zero attached hydrogens (tertiary/aromatic N) is 1. The Labute approximate surface area is 125 Å². The zero-order valence-corrected chi connectivity index (χ0v) is 12.5. The van der Waals surface area contributed by atoms with Crippen molar-refractivity contribution in [3.63, 3.8) is 0 Å². The second kappa shape index (κ2) is 7.19. The van der Waals surface area contributed by atoms with E-state index in [-0.39, 0.29) is 18.3 Å². The molecule has 1 aromatic rings. The van der Waals surface area contributed by atoms with Gasteiger partial charge in [-0.3, -0.25) is 9.59 Å². The van der Waals surface area contributed by atoms with E-state index in [0.717, 1.165) is 23.0 Å². The highest BCUT2D eigenvalue weighted by Crippen LogP contribution is 2.15. The molecule has 1 fully saturated rings. The van der Waals surface area contributed by atoms with Crippen molar-refractivity contribution in [3.8, 4) is 5.75 Å². The third kappa shape index (κ3) is 4.77. The highest BCUT2D eigenvalue weighted by Gasteiger charge is 2.14. The van der Waals surface area contributed by atoms with Gasteiger partial charge in [0.2, 0.25) is 0 Å². The summed E-state index contributed by atoms with van der Waals surface area (Å²) in [6, 6.07) is 7.20. The Morgan fingerprint density at radius 2 is 2.05 bits per heavy atom. The first-order chi connectivity index (χ1) is 9.63. The van der Waals surface area contributed by atoms with Gasteiger partial charge in [-0.05, 0) is 37.1 Å². The van der Waals surface area contributed by atoms with Crippen molar-refractivity contribution in [1.82, 2.24) is 5.43 Å². The van der Waals surface area contributed by atoms with E-state index in [1.807, 2.05) is 12.1 Å². The monoisotopic (exact) mass is 338 g/mol. The predicted octanol–water partition coefficient (Wildman–Crippen LogP) is 2.44. The minimum Gasteiger partial charge on any atom is -0.484 e. The van der Waals surface area contributed by atoms with Crippen LogP contribution < -0.4 is 10.2 Å². The number of hydrazone groups is 1. The van der Waals surface area contributed by atoms with Gasteiger partial charge >= 0.3 is 0 Å². The molecular weight excluding hydrogens is 324 g/mol. The van der Waals surface area contributed by atoms with Gasteiger partial charge in [-0.2, -0.15) is 5.10 Å². The number of hydrogen-bond donors (Lipinski definition) is 1. The molecule has 0 heterocycles. The Morgan fingerprint density at radius 3 is 2.75 bits per heavy atom. The Kier molecular flexibility index (Phi) is 5.29. The molecule has 6 heteroatoms. The predicted molar refractivity (Wildman–Crippen MR) is 78.7 cm³/mol. The maximum Gasteiger partial charge on any atom is 0.277 e. The van der Waals surface area contributed by atoms with Crippen molar-refractivity contribution in [1.29, 1.82) is 0 Å². The first-order valence-electron chi connectivity index (χ1n) is 6.38. The second-order valence-corrected chi connectivity index (χ2v) is 5.44. The number of benzene rings is 1. The lowest BCUT2D eigenvalue weighted by molar-refractivity contribution is -0.123. The van der Waals surface area contributed by atoms with Crippen molar-refractivity contribution >= 4 is 33.3 Å². The summed E-state index contributed by atoms with van der Waals surface area (Å²) >= 11 is 3.32. The highest BCUT2D eigenvalue weighted by molar-refractivity contribution is 9.10.